The molecule has 3 N–H and O–H groups in total. The molecule has 0 aliphatic rings. The fourth-order valence-corrected chi connectivity index (χ4v) is 2.33. The number of nitrogens with zero attached hydrogens (tertiary/aromatic N) is 3. The number of aromatic nitrogens is 3. The van der Waals surface area contributed by atoms with Gasteiger partial charge in [-0.15, -0.1) is 0 Å². The third kappa shape index (κ3) is 4.03. The highest BCUT2D eigenvalue weighted by molar-refractivity contribution is 9.11. The number of anilines is 2. The van der Waals surface area contributed by atoms with Gasteiger partial charge in [-0.2, -0.15) is 5.10 Å². The van der Waals surface area contributed by atoms with Gasteiger partial charge in [0.2, 0.25) is 0 Å². The molecule has 2 amide bonds. The molecule has 0 saturated heterocycles. The van der Waals surface area contributed by atoms with Gasteiger partial charge in [-0.05, 0) is 15.9 Å². The third-order valence-electron chi connectivity index (χ3n) is 1.89. The van der Waals surface area contributed by atoms with Crippen molar-refractivity contribution in [1.82, 2.24) is 14.8 Å². The quantitative estimate of drug-likeness (QED) is 0.783. The molecule has 0 fully saturated rings. The van der Waals surface area contributed by atoms with Gasteiger partial charge in [0.25, 0.3) is 0 Å². The van der Waals surface area contributed by atoms with Crippen LogP contribution in [0, 0.1) is 0 Å². The molecule has 0 radical (unpaired) electrons. The summed E-state index contributed by atoms with van der Waals surface area (Å²) in [6.07, 6.45) is 4.36. The van der Waals surface area contributed by atoms with Crippen molar-refractivity contribution >= 4 is 50.1 Å². The smallest absolute Gasteiger partial charge is 0.325 e. The lowest BCUT2D eigenvalue weighted by molar-refractivity contribution is -0.137. The van der Waals surface area contributed by atoms with Crippen molar-refractivity contribution in [3.05, 3.63) is 22.4 Å². The first kappa shape index (κ1) is 13.5. The maximum Gasteiger partial charge on any atom is 0.325 e. The Morgan fingerprint density at radius 1 is 1.42 bits per heavy atom. The number of carbonyl (C=O) groups is 2. The van der Waals surface area contributed by atoms with Crippen molar-refractivity contribution in [2.45, 2.75) is 6.54 Å². The largest absolute Gasteiger partial charge is 0.480 e. The van der Waals surface area contributed by atoms with E-state index >= 15 is 0 Å². The summed E-state index contributed by atoms with van der Waals surface area (Å²) < 4.78 is 2.01. The zero-order valence-electron chi connectivity index (χ0n) is 9.33. The lowest BCUT2D eigenvalue weighted by Crippen LogP contribution is -2.19. The first-order chi connectivity index (χ1) is 9.02. The normalized spacial score (nSPS) is 10.2. The van der Waals surface area contributed by atoms with Gasteiger partial charge in [0.15, 0.2) is 5.13 Å². The molecule has 0 atom stereocenters. The molecule has 0 saturated carbocycles. The van der Waals surface area contributed by atoms with Gasteiger partial charge >= 0.3 is 12.0 Å². The Kier molecular flexibility index (Phi) is 4.12. The Morgan fingerprint density at radius 3 is 2.84 bits per heavy atom. The van der Waals surface area contributed by atoms with Gasteiger partial charge in [0.1, 0.15) is 6.54 Å². The molecule has 0 aliphatic carbocycles. The first-order valence-electron chi connectivity index (χ1n) is 4.96. The van der Waals surface area contributed by atoms with Crippen LogP contribution in [0.15, 0.2) is 22.4 Å². The van der Waals surface area contributed by atoms with Crippen molar-refractivity contribution in [1.29, 1.82) is 0 Å². The molecule has 0 unspecified atom stereocenters. The molecule has 8 nitrogen and oxygen atoms in total. The lowest BCUT2D eigenvalue weighted by atomic mass is 10.5. The number of halogens is 1. The monoisotopic (exact) mass is 345 g/mol. The second-order valence-corrected chi connectivity index (χ2v) is 5.78. The Hall–Kier alpha value is -1.94. The number of amides is 2. The van der Waals surface area contributed by atoms with Gasteiger partial charge < -0.3 is 10.4 Å². The van der Waals surface area contributed by atoms with E-state index in [-0.39, 0.29) is 6.54 Å². The molecule has 0 aromatic carbocycles. The highest BCUT2D eigenvalue weighted by Gasteiger charge is 2.08. The number of carboxylic acids is 1. The average Bonchev–Trinajstić information content (AvgIpc) is 2.88. The topological polar surface area (TPSA) is 109 Å². The van der Waals surface area contributed by atoms with Crippen molar-refractivity contribution in [2.75, 3.05) is 10.6 Å². The van der Waals surface area contributed by atoms with Gasteiger partial charge in [-0.3, -0.25) is 14.8 Å². The number of urea groups is 1. The number of hydrogen-bond donors (Lipinski definition) is 3. The molecule has 0 spiro atoms. The summed E-state index contributed by atoms with van der Waals surface area (Å²) in [4.78, 5) is 26.0. The molecule has 0 bridgehead atoms. The molecule has 2 aromatic heterocycles. The fraction of sp³-hybridized carbons (Fsp3) is 0.111. The number of carbonyl (C=O) groups excluding carboxylic acids is 1. The van der Waals surface area contributed by atoms with Crippen LogP contribution < -0.4 is 10.6 Å². The molecule has 10 heteroatoms. The van der Waals surface area contributed by atoms with Crippen molar-refractivity contribution in [2.24, 2.45) is 0 Å². The summed E-state index contributed by atoms with van der Waals surface area (Å²) in [5, 5.41) is 17.9. The minimum Gasteiger partial charge on any atom is -0.480 e. The van der Waals surface area contributed by atoms with E-state index in [0.29, 0.717) is 10.8 Å². The van der Waals surface area contributed by atoms with Gasteiger partial charge in [-0.25, -0.2) is 9.78 Å². The van der Waals surface area contributed by atoms with Crippen LogP contribution in [0.2, 0.25) is 0 Å². The van der Waals surface area contributed by atoms with Crippen LogP contribution in [0.3, 0.4) is 0 Å². The molecule has 19 heavy (non-hydrogen) atoms. The Morgan fingerprint density at radius 2 is 2.21 bits per heavy atom. The van der Waals surface area contributed by atoms with E-state index in [1.807, 2.05) is 0 Å². The van der Waals surface area contributed by atoms with E-state index in [1.54, 1.807) is 6.20 Å². The summed E-state index contributed by atoms with van der Waals surface area (Å²) in [6, 6.07) is -0.475. The van der Waals surface area contributed by atoms with Crippen molar-refractivity contribution < 1.29 is 14.7 Å². The minimum absolute atomic E-state index is 0.261. The van der Waals surface area contributed by atoms with Crippen LogP contribution in [-0.4, -0.2) is 31.9 Å². The maximum atomic E-state index is 11.6. The fourth-order valence-electron chi connectivity index (χ4n) is 1.22. The summed E-state index contributed by atoms with van der Waals surface area (Å²) in [6.45, 7) is -0.261. The summed E-state index contributed by atoms with van der Waals surface area (Å²) in [5.74, 6) is -1.01. The van der Waals surface area contributed by atoms with E-state index in [0.717, 1.165) is 3.79 Å². The van der Waals surface area contributed by atoms with E-state index in [9.17, 15) is 9.59 Å². The number of thiazole rings is 1. The highest BCUT2D eigenvalue weighted by atomic mass is 79.9. The standard InChI is InChI=1S/C9H8BrN5O3S/c10-6-2-11-9(19-6)14-8(18)13-5-1-12-15(3-5)4-7(16)17/h1-3H,4H2,(H,16,17)(H2,11,13,14,18). The van der Waals surface area contributed by atoms with Crippen molar-refractivity contribution in [3.63, 3.8) is 0 Å². The van der Waals surface area contributed by atoms with E-state index in [2.05, 4.69) is 36.6 Å². The van der Waals surface area contributed by atoms with E-state index < -0.39 is 12.0 Å². The molecule has 100 valence electrons. The van der Waals surface area contributed by atoms with Gasteiger partial charge in [0, 0.05) is 6.20 Å². The summed E-state index contributed by atoms with van der Waals surface area (Å²) in [5.41, 5.74) is 0.398. The maximum absolute atomic E-state index is 11.6. The Bertz CT molecular complexity index is 611. The van der Waals surface area contributed by atoms with Gasteiger partial charge in [0.05, 0.1) is 21.9 Å². The van der Waals surface area contributed by atoms with Crippen LogP contribution in [-0.2, 0) is 11.3 Å². The number of rotatable bonds is 4. The predicted molar refractivity (Wildman–Crippen MR) is 72.3 cm³/mol. The number of nitrogens with one attached hydrogen (secondary N) is 2. The average molecular weight is 346 g/mol. The second-order valence-electron chi connectivity index (χ2n) is 3.37. The molecule has 2 heterocycles. The highest BCUT2D eigenvalue weighted by Crippen LogP contribution is 2.23. The van der Waals surface area contributed by atoms with Gasteiger partial charge in [-0.1, -0.05) is 11.3 Å². The lowest BCUT2D eigenvalue weighted by Gasteiger charge is -2.01. The predicted octanol–water partition coefficient (Wildman–Crippen LogP) is 1.83. The molecular formula is C9H8BrN5O3S. The molecule has 2 rings (SSSR count). The summed E-state index contributed by atoms with van der Waals surface area (Å²) >= 11 is 4.51. The van der Waals surface area contributed by atoms with E-state index in [1.165, 1.54) is 28.4 Å². The molecule has 0 aliphatic heterocycles. The summed E-state index contributed by atoms with van der Waals surface area (Å²) in [7, 11) is 0. The molecule has 2 aromatic rings. The number of aliphatic carboxylic acids is 1. The van der Waals surface area contributed by atoms with E-state index in [4.69, 9.17) is 5.11 Å². The van der Waals surface area contributed by atoms with Crippen molar-refractivity contribution in [3.8, 4) is 0 Å². The van der Waals surface area contributed by atoms with Crippen LogP contribution in [0.4, 0.5) is 15.6 Å². The van der Waals surface area contributed by atoms with Crippen LogP contribution in [0.1, 0.15) is 0 Å². The Balaban J connectivity index is 1.91. The zero-order chi connectivity index (χ0) is 13.8. The van der Waals surface area contributed by atoms with Crippen LogP contribution >= 0.6 is 27.3 Å². The third-order valence-corrected chi connectivity index (χ3v) is 3.28. The minimum atomic E-state index is -1.01. The number of hydrogen-bond acceptors (Lipinski definition) is 5. The van der Waals surface area contributed by atoms with Crippen LogP contribution in [0.25, 0.3) is 0 Å². The zero-order valence-corrected chi connectivity index (χ0v) is 11.7. The second kappa shape index (κ2) is 5.80. The first-order valence-corrected chi connectivity index (χ1v) is 6.57. The number of carboxylic acid groups (broad SMARTS) is 1. The van der Waals surface area contributed by atoms with Crippen LogP contribution in [0.5, 0.6) is 0 Å². The Labute approximate surface area is 119 Å². The molecular weight excluding hydrogens is 338 g/mol. The SMILES string of the molecule is O=C(O)Cn1cc(NC(=O)Nc2ncc(Br)s2)cn1.